The second-order valence-electron chi connectivity index (χ2n) is 6.52. The van der Waals surface area contributed by atoms with Crippen LogP contribution in [0.15, 0.2) is 35.0 Å². The minimum absolute atomic E-state index is 0.0594. The zero-order chi connectivity index (χ0) is 16.4. The Morgan fingerprint density at radius 1 is 1.00 bits per heavy atom. The van der Waals surface area contributed by atoms with Gasteiger partial charge in [-0.25, -0.2) is 4.99 Å². The third-order valence-electron chi connectivity index (χ3n) is 4.88. The smallest absolute Gasteiger partial charge is 0.277 e. The molecule has 2 fully saturated rings. The van der Waals surface area contributed by atoms with Gasteiger partial charge in [-0.15, -0.1) is 0 Å². The van der Waals surface area contributed by atoms with Crippen molar-refractivity contribution in [3.8, 4) is 0 Å². The molecule has 0 bridgehead atoms. The summed E-state index contributed by atoms with van der Waals surface area (Å²) in [5, 5.41) is 0. The molecule has 5 nitrogen and oxygen atoms in total. The van der Waals surface area contributed by atoms with Gasteiger partial charge < -0.3 is 9.64 Å². The zero-order valence-electron chi connectivity index (χ0n) is 13.9. The summed E-state index contributed by atoms with van der Waals surface area (Å²) in [4.78, 5) is 21.3. The van der Waals surface area contributed by atoms with Gasteiger partial charge in [-0.2, -0.15) is 0 Å². The van der Waals surface area contributed by atoms with Crippen LogP contribution in [0.25, 0.3) is 6.08 Å². The lowest BCUT2D eigenvalue weighted by molar-refractivity contribution is -0.122. The van der Waals surface area contributed by atoms with Crippen molar-refractivity contribution in [1.29, 1.82) is 0 Å². The Labute approximate surface area is 142 Å². The number of rotatable bonds is 2. The molecule has 1 aromatic rings. The van der Waals surface area contributed by atoms with Gasteiger partial charge in [0.2, 0.25) is 0 Å². The van der Waals surface area contributed by atoms with Crippen molar-refractivity contribution in [2.24, 2.45) is 4.99 Å². The quantitative estimate of drug-likeness (QED) is 0.785. The summed E-state index contributed by atoms with van der Waals surface area (Å²) in [6.07, 6.45) is 6.22. The molecule has 2 saturated heterocycles. The SMILES string of the molecule is O=C1C(=Cc2ccc(N3CCOCC3)cc2)N=C2CCCCCN12. The van der Waals surface area contributed by atoms with Crippen LogP contribution < -0.4 is 4.90 Å². The number of hydrogen-bond donors (Lipinski definition) is 0. The number of aliphatic imine (C=N–C) groups is 1. The molecule has 3 heterocycles. The van der Waals surface area contributed by atoms with Crippen LogP contribution in [-0.2, 0) is 9.53 Å². The second kappa shape index (κ2) is 6.77. The van der Waals surface area contributed by atoms with E-state index in [4.69, 9.17) is 4.74 Å². The van der Waals surface area contributed by atoms with Crippen molar-refractivity contribution in [3.05, 3.63) is 35.5 Å². The lowest BCUT2D eigenvalue weighted by Gasteiger charge is -2.28. The Hall–Kier alpha value is -2.14. The Bertz CT molecular complexity index is 672. The van der Waals surface area contributed by atoms with Crippen LogP contribution >= 0.6 is 0 Å². The number of ether oxygens (including phenoxy) is 1. The van der Waals surface area contributed by atoms with Gasteiger partial charge in [0.25, 0.3) is 5.91 Å². The molecule has 3 aliphatic rings. The number of benzene rings is 1. The van der Waals surface area contributed by atoms with E-state index in [9.17, 15) is 4.79 Å². The van der Waals surface area contributed by atoms with Crippen LogP contribution in [0.2, 0.25) is 0 Å². The molecule has 0 aliphatic carbocycles. The van der Waals surface area contributed by atoms with Gasteiger partial charge in [0, 0.05) is 31.7 Å². The summed E-state index contributed by atoms with van der Waals surface area (Å²) in [6.45, 7) is 4.25. The number of carbonyl (C=O) groups is 1. The maximum absolute atomic E-state index is 12.5. The van der Waals surface area contributed by atoms with Crippen molar-refractivity contribution in [2.75, 3.05) is 37.7 Å². The fourth-order valence-electron chi connectivity index (χ4n) is 3.51. The van der Waals surface area contributed by atoms with E-state index in [0.29, 0.717) is 5.70 Å². The standard InChI is InChI=1S/C19H23N3O2/c23-19-17(20-18-4-2-1-3-9-22(18)19)14-15-5-7-16(8-6-15)21-10-12-24-13-11-21/h5-8,14H,1-4,9-13H2. The number of morpholine rings is 1. The molecule has 3 aliphatic heterocycles. The molecule has 126 valence electrons. The number of fused-ring (bicyclic) bond motifs is 1. The van der Waals surface area contributed by atoms with Gasteiger partial charge in [-0.05, 0) is 36.6 Å². The molecule has 4 rings (SSSR count). The molecular formula is C19H23N3O2. The molecule has 24 heavy (non-hydrogen) atoms. The second-order valence-corrected chi connectivity index (χ2v) is 6.52. The van der Waals surface area contributed by atoms with Crippen LogP contribution in [0.3, 0.4) is 0 Å². The lowest BCUT2D eigenvalue weighted by Crippen LogP contribution is -2.36. The predicted octanol–water partition coefficient (Wildman–Crippen LogP) is 2.68. The third kappa shape index (κ3) is 3.08. The average molecular weight is 325 g/mol. The highest BCUT2D eigenvalue weighted by atomic mass is 16.5. The molecule has 0 spiro atoms. The summed E-state index contributed by atoms with van der Waals surface area (Å²) >= 11 is 0. The van der Waals surface area contributed by atoms with E-state index in [-0.39, 0.29) is 5.91 Å². The highest BCUT2D eigenvalue weighted by molar-refractivity contribution is 6.14. The van der Waals surface area contributed by atoms with Crippen LogP contribution in [0.5, 0.6) is 0 Å². The van der Waals surface area contributed by atoms with Gasteiger partial charge in [0.1, 0.15) is 11.5 Å². The number of amidine groups is 1. The van der Waals surface area contributed by atoms with E-state index < -0.39 is 0 Å². The molecule has 0 saturated carbocycles. The number of carbonyl (C=O) groups excluding carboxylic acids is 1. The molecule has 0 radical (unpaired) electrons. The fourth-order valence-corrected chi connectivity index (χ4v) is 3.51. The minimum Gasteiger partial charge on any atom is -0.378 e. The highest BCUT2D eigenvalue weighted by Gasteiger charge is 2.30. The number of amides is 1. The van der Waals surface area contributed by atoms with Gasteiger partial charge in [-0.1, -0.05) is 18.6 Å². The van der Waals surface area contributed by atoms with Gasteiger partial charge >= 0.3 is 0 Å². The molecule has 0 atom stereocenters. The van der Waals surface area contributed by atoms with Crippen molar-refractivity contribution in [3.63, 3.8) is 0 Å². The van der Waals surface area contributed by atoms with Crippen LogP contribution in [0.1, 0.15) is 31.2 Å². The van der Waals surface area contributed by atoms with Gasteiger partial charge in [0.05, 0.1) is 13.2 Å². The Morgan fingerprint density at radius 2 is 1.79 bits per heavy atom. The first kappa shape index (κ1) is 15.4. The molecule has 1 aromatic carbocycles. The van der Waals surface area contributed by atoms with E-state index in [0.717, 1.165) is 63.5 Å². The first-order valence-corrected chi connectivity index (χ1v) is 8.85. The maximum Gasteiger partial charge on any atom is 0.277 e. The van der Waals surface area contributed by atoms with Crippen molar-refractivity contribution in [1.82, 2.24) is 4.90 Å². The summed E-state index contributed by atoms with van der Waals surface area (Å²) in [5.74, 6) is 1.01. The Kier molecular flexibility index (Phi) is 4.34. The fraction of sp³-hybridized carbons (Fsp3) is 0.474. The van der Waals surface area contributed by atoms with Crippen molar-refractivity contribution in [2.45, 2.75) is 25.7 Å². The lowest BCUT2D eigenvalue weighted by atomic mass is 10.1. The molecular weight excluding hydrogens is 302 g/mol. The van der Waals surface area contributed by atoms with E-state index >= 15 is 0 Å². The summed E-state index contributed by atoms with van der Waals surface area (Å²) in [5.41, 5.74) is 2.81. The van der Waals surface area contributed by atoms with E-state index in [1.807, 2.05) is 11.0 Å². The normalized spacial score (nSPS) is 23.2. The molecule has 0 N–H and O–H groups in total. The maximum atomic E-state index is 12.5. The van der Waals surface area contributed by atoms with E-state index in [1.54, 1.807) is 0 Å². The first-order valence-electron chi connectivity index (χ1n) is 8.85. The molecule has 5 heteroatoms. The number of hydrogen-bond acceptors (Lipinski definition) is 4. The monoisotopic (exact) mass is 325 g/mol. The summed E-state index contributed by atoms with van der Waals surface area (Å²) in [7, 11) is 0. The average Bonchev–Trinajstić information content (AvgIpc) is 2.79. The molecule has 0 unspecified atom stereocenters. The number of nitrogens with zero attached hydrogens (tertiary/aromatic N) is 3. The largest absolute Gasteiger partial charge is 0.378 e. The summed E-state index contributed by atoms with van der Waals surface area (Å²) in [6, 6.07) is 8.36. The van der Waals surface area contributed by atoms with Crippen LogP contribution in [0, 0.1) is 0 Å². The van der Waals surface area contributed by atoms with Gasteiger partial charge in [-0.3, -0.25) is 9.69 Å². The van der Waals surface area contributed by atoms with Crippen LogP contribution in [-0.4, -0.2) is 49.5 Å². The minimum atomic E-state index is 0.0594. The van der Waals surface area contributed by atoms with E-state index in [2.05, 4.69) is 34.2 Å². The zero-order valence-corrected chi connectivity index (χ0v) is 13.9. The van der Waals surface area contributed by atoms with Crippen molar-refractivity contribution >= 4 is 23.5 Å². The highest BCUT2D eigenvalue weighted by Crippen LogP contribution is 2.25. The summed E-state index contributed by atoms with van der Waals surface area (Å²) < 4.78 is 5.39. The first-order chi connectivity index (χ1) is 11.8. The van der Waals surface area contributed by atoms with E-state index in [1.165, 1.54) is 12.1 Å². The Balaban J connectivity index is 1.52. The number of anilines is 1. The van der Waals surface area contributed by atoms with Crippen LogP contribution in [0.4, 0.5) is 5.69 Å². The Morgan fingerprint density at radius 3 is 2.58 bits per heavy atom. The topological polar surface area (TPSA) is 45.1 Å². The van der Waals surface area contributed by atoms with Crippen molar-refractivity contribution < 1.29 is 9.53 Å². The van der Waals surface area contributed by atoms with Gasteiger partial charge in [0.15, 0.2) is 0 Å². The third-order valence-corrected chi connectivity index (χ3v) is 4.88. The predicted molar refractivity (Wildman–Crippen MR) is 95.1 cm³/mol. The molecule has 0 aromatic heterocycles. The molecule has 1 amide bonds.